The van der Waals surface area contributed by atoms with Crippen LogP contribution in [0.2, 0.25) is 0 Å². The van der Waals surface area contributed by atoms with Gasteiger partial charge in [0.15, 0.2) is 0 Å². The van der Waals surface area contributed by atoms with Crippen molar-refractivity contribution in [2.75, 3.05) is 0 Å². The highest BCUT2D eigenvalue weighted by Gasteiger charge is 1.99. The quantitative estimate of drug-likeness (QED) is 0.411. The van der Waals surface area contributed by atoms with Crippen LogP contribution < -0.4 is 5.48 Å². The molecule has 0 heterocycles. The lowest BCUT2D eigenvalue weighted by Gasteiger charge is -1.99. The van der Waals surface area contributed by atoms with E-state index in [0.29, 0.717) is 0 Å². The van der Waals surface area contributed by atoms with Crippen molar-refractivity contribution >= 4 is 11.9 Å². The zero-order valence-electron chi connectivity index (χ0n) is 11.3. The molecule has 0 aromatic carbocycles. The summed E-state index contributed by atoms with van der Waals surface area (Å²) in [5.41, 5.74) is 2.03. The van der Waals surface area contributed by atoms with Gasteiger partial charge < -0.3 is 4.84 Å². The summed E-state index contributed by atoms with van der Waals surface area (Å²) in [5, 5.41) is 0. The first-order valence-electron chi connectivity index (χ1n) is 6.50. The molecular weight excluding hydrogens is 230 g/mol. The average Bonchev–Trinajstić information content (AvgIpc) is 2.35. The van der Waals surface area contributed by atoms with E-state index in [1.807, 2.05) is 5.48 Å². The largest absolute Gasteiger partial charge is 0.355 e. The highest BCUT2D eigenvalue weighted by Crippen LogP contribution is 2.05. The Bertz CT molecular complexity index is 295. The van der Waals surface area contributed by atoms with Gasteiger partial charge in [0.1, 0.15) is 0 Å². The van der Waals surface area contributed by atoms with Gasteiger partial charge in [-0.15, -0.1) is 0 Å². The Kier molecular flexibility index (Phi) is 10.8. The van der Waals surface area contributed by atoms with Gasteiger partial charge in [0.05, 0.1) is 0 Å². The zero-order chi connectivity index (χ0) is 13.6. The van der Waals surface area contributed by atoms with Crippen molar-refractivity contribution in [3.63, 3.8) is 0 Å². The number of amides is 1. The fourth-order valence-corrected chi connectivity index (χ4v) is 1.37. The normalized spacial score (nSPS) is 11.0. The van der Waals surface area contributed by atoms with Crippen molar-refractivity contribution in [3.05, 3.63) is 24.3 Å². The third-order valence-corrected chi connectivity index (χ3v) is 2.30. The molecule has 0 saturated carbocycles. The second-order valence-corrected chi connectivity index (χ2v) is 3.99. The molecule has 0 aliphatic carbocycles. The third-order valence-electron chi connectivity index (χ3n) is 2.30. The van der Waals surface area contributed by atoms with Crippen LogP contribution in [0.4, 0.5) is 0 Å². The number of carbonyl (C=O) groups excluding carboxylic acids is 2. The van der Waals surface area contributed by atoms with Crippen molar-refractivity contribution in [1.29, 1.82) is 0 Å². The van der Waals surface area contributed by atoms with Crippen molar-refractivity contribution in [1.82, 2.24) is 5.48 Å². The lowest BCUT2D eigenvalue weighted by molar-refractivity contribution is -0.151. The fraction of sp³-hybridized carbons (Fsp3) is 0.571. The molecular formula is C14H23NO3. The molecule has 0 saturated heterocycles. The number of unbranched alkanes of at least 4 members (excludes halogenated alkanes) is 5. The Morgan fingerprint density at radius 2 is 1.83 bits per heavy atom. The highest BCUT2D eigenvalue weighted by atomic mass is 16.7. The lowest BCUT2D eigenvalue weighted by atomic mass is 10.1. The van der Waals surface area contributed by atoms with E-state index in [-0.39, 0.29) is 0 Å². The Balaban J connectivity index is 3.53. The SMILES string of the molecule is CC=CC(=O)NOC(=O)C=CCCCCCCC. The van der Waals surface area contributed by atoms with Crippen LogP contribution in [0.15, 0.2) is 24.3 Å². The van der Waals surface area contributed by atoms with E-state index in [1.54, 1.807) is 19.1 Å². The third kappa shape index (κ3) is 10.9. The van der Waals surface area contributed by atoms with Crippen LogP contribution in [-0.4, -0.2) is 11.9 Å². The molecule has 0 spiro atoms. The standard InChI is InChI=1S/C14H23NO3/c1-3-5-6-7-8-9-10-12-14(17)18-15-13(16)11-4-2/h4,10-12H,3,5-9H2,1-2H3,(H,15,16). The van der Waals surface area contributed by atoms with Gasteiger partial charge in [-0.1, -0.05) is 44.8 Å². The molecule has 0 aliphatic rings. The Morgan fingerprint density at radius 3 is 2.50 bits per heavy atom. The van der Waals surface area contributed by atoms with Crippen molar-refractivity contribution < 1.29 is 14.4 Å². The summed E-state index contributed by atoms with van der Waals surface area (Å²) in [4.78, 5) is 26.6. The molecule has 0 aromatic heterocycles. The molecule has 0 aliphatic heterocycles. The molecule has 0 atom stereocenters. The fourth-order valence-electron chi connectivity index (χ4n) is 1.37. The van der Waals surface area contributed by atoms with Crippen LogP contribution in [0, 0.1) is 0 Å². The van der Waals surface area contributed by atoms with E-state index in [0.717, 1.165) is 12.8 Å². The van der Waals surface area contributed by atoms with Crippen molar-refractivity contribution in [2.24, 2.45) is 0 Å². The minimum atomic E-state index is -0.554. The summed E-state index contributed by atoms with van der Waals surface area (Å²) in [6.07, 6.45) is 12.8. The number of hydrogen-bond donors (Lipinski definition) is 1. The second-order valence-electron chi connectivity index (χ2n) is 3.99. The second kappa shape index (κ2) is 11.9. The monoisotopic (exact) mass is 253 g/mol. The summed E-state index contributed by atoms with van der Waals surface area (Å²) in [5.74, 6) is -1.000. The summed E-state index contributed by atoms with van der Waals surface area (Å²) >= 11 is 0. The van der Waals surface area contributed by atoms with E-state index >= 15 is 0 Å². The maximum atomic E-state index is 11.1. The Hall–Kier alpha value is -1.58. The highest BCUT2D eigenvalue weighted by molar-refractivity contribution is 5.89. The maximum Gasteiger partial charge on any atom is 0.355 e. The first-order valence-corrected chi connectivity index (χ1v) is 6.50. The van der Waals surface area contributed by atoms with Gasteiger partial charge in [-0.05, 0) is 19.8 Å². The minimum absolute atomic E-state index is 0.446. The smallest absolute Gasteiger partial charge is 0.336 e. The molecule has 1 amide bonds. The number of hydrogen-bond acceptors (Lipinski definition) is 3. The van der Waals surface area contributed by atoms with Gasteiger partial charge >= 0.3 is 5.97 Å². The van der Waals surface area contributed by atoms with Crippen LogP contribution in [0.25, 0.3) is 0 Å². The average molecular weight is 253 g/mol. The van der Waals surface area contributed by atoms with Gasteiger partial charge in [0, 0.05) is 12.2 Å². The number of hydroxylamine groups is 1. The molecule has 4 nitrogen and oxygen atoms in total. The molecule has 0 aromatic rings. The summed E-state index contributed by atoms with van der Waals surface area (Å²) in [7, 11) is 0. The zero-order valence-corrected chi connectivity index (χ0v) is 11.3. The number of nitrogens with one attached hydrogen (secondary N) is 1. The van der Waals surface area contributed by atoms with Gasteiger partial charge in [-0.2, -0.15) is 5.48 Å². The Morgan fingerprint density at radius 1 is 1.11 bits per heavy atom. The summed E-state index contributed by atoms with van der Waals surface area (Å²) in [6.45, 7) is 3.89. The molecule has 0 fully saturated rings. The van der Waals surface area contributed by atoms with E-state index < -0.39 is 11.9 Å². The lowest BCUT2D eigenvalue weighted by Crippen LogP contribution is -2.24. The molecule has 1 N–H and O–H groups in total. The maximum absolute atomic E-state index is 11.1. The van der Waals surface area contributed by atoms with Gasteiger partial charge in [0.25, 0.3) is 5.91 Å². The molecule has 0 unspecified atom stereocenters. The molecule has 18 heavy (non-hydrogen) atoms. The van der Waals surface area contributed by atoms with Crippen LogP contribution in [-0.2, 0) is 14.4 Å². The van der Waals surface area contributed by atoms with Crippen LogP contribution >= 0.6 is 0 Å². The first-order chi connectivity index (χ1) is 8.70. The van der Waals surface area contributed by atoms with Gasteiger partial charge in [0.2, 0.25) is 0 Å². The minimum Gasteiger partial charge on any atom is -0.336 e. The topological polar surface area (TPSA) is 55.4 Å². The molecule has 0 radical (unpaired) electrons. The Labute approximate surface area is 109 Å². The number of rotatable bonds is 8. The van der Waals surface area contributed by atoms with Crippen molar-refractivity contribution in [3.8, 4) is 0 Å². The van der Waals surface area contributed by atoms with Gasteiger partial charge in [-0.3, -0.25) is 4.79 Å². The number of carbonyl (C=O) groups is 2. The first kappa shape index (κ1) is 16.4. The van der Waals surface area contributed by atoms with Crippen LogP contribution in [0.5, 0.6) is 0 Å². The predicted octanol–water partition coefficient (Wildman–Crippen LogP) is 3.05. The van der Waals surface area contributed by atoms with E-state index in [4.69, 9.17) is 0 Å². The predicted molar refractivity (Wildman–Crippen MR) is 71.6 cm³/mol. The van der Waals surface area contributed by atoms with Gasteiger partial charge in [-0.25, -0.2) is 4.79 Å². The van der Waals surface area contributed by atoms with E-state index in [2.05, 4.69) is 11.8 Å². The van der Waals surface area contributed by atoms with Crippen LogP contribution in [0.1, 0.15) is 52.4 Å². The molecule has 0 rings (SSSR count). The summed E-state index contributed by atoms with van der Waals surface area (Å²) in [6, 6.07) is 0. The van der Waals surface area contributed by atoms with Crippen LogP contribution in [0.3, 0.4) is 0 Å². The van der Waals surface area contributed by atoms with E-state index in [9.17, 15) is 9.59 Å². The number of allylic oxidation sites excluding steroid dienone is 2. The molecule has 0 bridgehead atoms. The molecule has 102 valence electrons. The van der Waals surface area contributed by atoms with Crippen molar-refractivity contribution in [2.45, 2.75) is 52.4 Å². The molecule has 4 heteroatoms. The van der Waals surface area contributed by atoms with E-state index in [1.165, 1.54) is 37.8 Å². The summed E-state index contributed by atoms with van der Waals surface area (Å²) < 4.78 is 0.